The quantitative estimate of drug-likeness (QED) is 0.868. The van der Waals surface area contributed by atoms with Crippen LogP contribution in [0, 0.1) is 11.8 Å². The van der Waals surface area contributed by atoms with Gasteiger partial charge >= 0.3 is 0 Å². The van der Waals surface area contributed by atoms with E-state index in [0.29, 0.717) is 11.3 Å². The summed E-state index contributed by atoms with van der Waals surface area (Å²) < 4.78 is 31.3. The van der Waals surface area contributed by atoms with Gasteiger partial charge in [-0.05, 0) is 30.3 Å². The number of nitrogens with zero attached hydrogens (tertiary/aromatic N) is 1. The molecule has 1 heterocycles. The average Bonchev–Trinajstić information content (AvgIpc) is 2.98. The lowest BCUT2D eigenvalue weighted by atomic mass is 10.2. The molecule has 0 aliphatic heterocycles. The van der Waals surface area contributed by atoms with Crippen molar-refractivity contribution in [2.45, 2.75) is 11.4 Å². The summed E-state index contributed by atoms with van der Waals surface area (Å²) >= 11 is 0. The van der Waals surface area contributed by atoms with Crippen molar-refractivity contribution in [3.63, 3.8) is 0 Å². The molecule has 0 bridgehead atoms. The van der Waals surface area contributed by atoms with E-state index in [1.165, 1.54) is 29.7 Å². The zero-order chi connectivity index (χ0) is 15.3. The lowest BCUT2D eigenvalue weighted by molar-refractivity contribution is 0.350. The molecule has 0 fully saturated rings. The van der Waals surface area contributed by atoms with Gasteiger partial charge in [-0.2, -0.15) is 4.31 Å². The second kappa shape index (κ2) is 6.59. The second-order valence-corrected chi connectivity index (χ2v) is 6.37. The number of hydrogen-bond acceptors (Lipinski definition) is 4. The van der Waals surface area contributed by atoms with Crippen LogP contribution in [0.15, 0.2) is 52.0 Å². The summed E-state index contributed by atoms with van der Waals surface area (Å²) in [6, 6.07) is 9.73. The first-order valence-electron chi connectivity index (χ1n) is 6.22. The Morgan fingerprint density at radius 3 is 2.76 bits per heavy atom. The fraction of sp³-hybridized carbons (Fsp3) is 0.200. The van der Waals surface area contributed by atoms with Crippen molar-refractivity contribution in [3.05, 3.63) is 54.0 Å². The van der Waals surface area contributed by atoms with Crippen LogP contribution in [-0.4, -0.2) is 31.5 Å². The van der Waals surface area contributed by atoms with Crippen molar-refractivity contribution in [2.24, 2.45) is 0 Å². The Labute approximate surface area is 123 Å². The fourth-order valence-electron chi connectivity index (χ4n) is 1.76. The maximum absolute atomic E-state index is 12.5. The maximum Gasteiger partial charge on any atom is 0.243 e. The van der Waals surface area contributed by atoms with Crippen LogP contribution >= 0.6 is 0 Å². The number of hydrogen-bond donors (Lipinski definition) is 1. The third kappa shape index (κ3) is 3.73. The summed E-state index contributed by atoms with van der Waals surface area (Å²) in [5, 5.41) is 8.68. The molecule has 1 N–H and O–H groups in total. The summed E-state index contributed by atoms with van der Waals surface area (Å²) in [5.74, 6) is 5.75. The molecule has 21 heavy (non-hydrogen) atoms. The van der Waals surface area contributed by atoms with Gasteiger partial charge < -0.3 is 9.52 Å². The molecular formula is C15H15NO4S. The SMILES string of the molecule is CN(Cc1ccco1)S(=O)(=O)c1cccc(C#CCO)c1. The van der Waals surface area contributed by atoms with Gasteiger partial charge in [0.15, 0.2) is 0 Å². The lowest BCUT2D eigenvalue weighted by Gasteiger charge is -2.16. The molecule has 0 aliphatic carbocycles. The molecule has 5 nitrogen and oxygen atoms in total. The van der Waals surface area contributed by atoms with Crippen molar-refractivity contribution in [1.82, 2.24) is 4.31 Å². The molecule has 0 spiro atoms. The Balaban J connectivity index is 2.26. The Hall–Kier alpha value is -2.07. The van der Waals surface area contributed by atoms with Crippen molar-refractivity contribution in [1.29, 1.82) is 0 Å². The molecule has 0 saturated heterocycles. The predicted octanol–water partition coefficient (Wildman–Crippen LogP) is 1.44. The summed E-state index contributed by atoms with van der Waals surface area (Å²) in [6.45, 7) is -0.114. The van der Waals surface area contributed by atoms with E-state index in [4.69, 9.17) is 9.52 Å². The number of furan rings is 1. The highest BCUT2D eigenvalue weighted by atomic mass is 32.2. The zero-order valence-electron chi connectivity index (χ0n) is 11.5. The van der Waals surface area contributed by atoms with Crippen molar-refractivity contribution < 1.29 is 17.9 Å². The molecule has 110 valence electrons. The van der Waals surface area contributed by atoms with E-state index in [1.807, 2.05) is 0 Å². The molecule has 2 aromatic rings. The van der Waals surface area contributed by atoms with Gasteiger partial charge in [0, 0.05) is 12.6 Å². The van der Waals surface area contributed by atoms with E-state index >= 15 is 0 Å². The third-order valence-corrected chi connectivity index (χ3v) is 4.61. The monoisotopic (exact) mass is 305 g/mol. The van der Waals surface area contributed by atoms with Gasteiger partial charge in [-0.15, -0.1) is 0 Å². The van der Waals surface area contributed by atoms with Gasteiger partial charge in [-0.1, -0.05) is 17.9 Å². The van der Waals surface area contributed by atoms with E-state index in [1.54, 1.807) is 24.3 Å². The zero-order valence-corrected chi connectivity index (χ0v) is 12.3. The van der Waals surface area contributed by atoms with Crippen LogP contribution in [0.5, 0.6) is 0 Å². The van der Waals surface area contributed by atoms with Gasteiger partial charge in [-0.3, -0.25) is 0 Å². The molecule has 0 aliphatic rings. The smallest absolute Gasteiger partial charge is 0.243 e. The summed E-state index contributed by atoms with van der Waals surface area (Å²) in [5.41, 5.74) is 0.538. The third-order valence-electron chi connectivity index (χ3n) is 2.81. The molecule has 0 atom stereocenters. The maximum atomic E-state index is 12.5. The number of sulfonamides is 1. The molecule has 0 saturated carbocycles. The molecular weight excluding hydrogens is 290 g/mol. The van der Waals surface area contributed by atoms with Gasteiger partial charge in [0.1, 0.15) is 12.4 Å². The van der Waals surface area contributed by atoms with E-state index in [2.05, 4.69) is 11.8 Å². The van der Waals surface area contributed by atoms with Crippen molar-refractivity contribution >= 4 is 10.0 Å². The van der Waals surface area contributed by atoms with Crippen LogP contribution in [0.1, 0.15) is 11.3 Å². The predicted molar refractivity (Wildman–Crippen MR) is 77.8 cm³/mol. The largest absolute Gasteiger partial charge is 0.468 e. The first kappa shape index (κ1) is 15.3. The number of aliphatic hydroxyl groups is 1. The minimum atomic E-state index is -3.62. The Morgan fingerprint density at radius 1 is 1.29 bits per heavy atom. The van der Waals surface area contributed by atoms with E-state index in [-0.39, 0.29) is 18.0 Å². The molecule has 0 radical (unpaired) electrons. The van der Waals surface area contributed by atoms with Crippen LogP contribution in [0.25, 0.3) is 0 Å². The summed E-state index contributed by atoms with van der Waals surface area (Å²) in [6.07, 6.45) is 1.50. The molecule has 2 rings (SSSR count). The van der Waals surface area contributed by atoms with Crippen LogP contribution in [0.3, 0.4) is 0 Å². The second-order valence-electron chi connectivity index (χ2n) is 4.33. The number of aliphatic hydroxyl groups excluding tert-OH is 1. The standard InChI is InChI=1S/C15H15NO4S/c1-16(12-14-7-4-10-20-14)21(18,19)15-8-2-5-13(11-15)6-3-9-17/h2,4-5,7-8,10-11,17H,9,12H2,1H3. The first-order chi connectivity index (χ1) is 10.0. The molecule has 0 amide bonds. The van der Waals surface area contributed by atoms with Gasteiger partial charge in [0.2, 0.25) is 10.0 Å². The Kier molecular flexibility index (Phi) is 4.81. The van der Waals surface area contributed by atoms with Crippen LogP contribution in [-0.2, 0) is 16.6 Å². The summed E-state index contributed by atoms with van der Waals surface area (Å²) in [4.78, 5) is 0.154. The minimum Gasteiger partial charge on any atom is -0.468 e. The minimum absolute atomic E-state index is 0.154. The van der Waals surface area contributed by atoms with Crippen LogP contribution in [0.4, 0.5) is 0 Å². The van der Waals surface area contributed by atoms with E-state index in [9.17, 15) is 8.42 Å². The van der Waals surface area contributed by atoms with Crippen LogP contribution in [0.2, 0.25) is 0 Å². The molecule has 1 aromatic carbocycles. The van der Waals surface area contributed by atoms with E-state index in [0.717, 1.165) is 0 Å². The van der Waals surface area contributed by atoms with Gasteiger partial charge in [-0.25, -0.2) is 8.42 Å². The molecule has 1 aromatic heterocycles. The highest BCUT2D eigenvalue weighted by Gasteiger charge is 2.21. The first-order valence-corrected chi connectivity index (χ1v) is 7.66. The molecule has 6 heteroatoms. The summed E-state index contributed by atoms with van der Waals surface area (Å²) in [7, 11) is -2.13. The van der Waals surface area contributed by atoms with Crippen molar-refractivity contribution in [3.8, 4) is 11.8 Å². The average molecular weight is 305 g/mol. The van der Waals surface area contributed by atoms with E-state index < -0.39 is 10.0 Å². The topological polar surface area (TPSA) is 70.8 Å². The fourth-order valence-corrected chi connectivity index (χ4v) is 2.95. The normalized spacial score (nSPS) is 11.2. The van der Waals surface area contributed by atoms with Gasteiger partial charge in [0.05, 0.1) is 17.7 Å². The Morgan fingerprint density at radius 2 is 2.10 bits per heavy atom. The Bertz CT molecular complexity index is 754. The number of rotatable bonds is 4. The highest BCUT2D eigenvalue weighted by molar-refractivity contribution is 7.89. The van der Waals surface area contributed by atoms with Crippen molar-refractivity contribution in [2.75, 3.05) is 13.7 Å². The van der Waals surface area contributed by atoms with Gasteiger partial charge in [0.25, 0.3) is 0 Å². The van der Waals surface area contributed by atoms with Crippen LogP contribution < -0.4 is 0 Å². The molecule has 0 unspecified atom stereocenters. The lowest BCUT2D eigenvalue weighted by Crippen LogP contribution is -2.26. The highest BCUT2D eigenvalue weighted by Crippen LogP contribution is 2.18. The number of benzene rings is 1.